The summed E-state index contributed by atoms with van der Waals surface area (Å²) in [6, 6.07) is 0. The van der Waals surface area contributed by atoms with Crippen LogP contribution in [0.5, 0.6) is 0 Å². The molecule has 0 aromatic carbocycles. The number of aliphatic hydroxyl groups excluding tert-OH is 2. The van der Waals surface area contributed by atoms with E-state index >= 15 is 0 Å². The summed E-state index contributed by atoms with van der Waals surface area (Å²) < 4.78 is 0. The number of nitrogens with zero attached hydrogens (tertiary/aromatic N) is 1. The van der Waals surface area contributed by atoms with Crippen molar-refractivity contribution in [2.45, 2.75) is 12.2 Å². The van der Waals surface area contributed by atoms with E-state index in [4.69, 9.17) is 10.8 Å². The average molecular weight is 174 g/mol. The normalized spacial score (nSPS) is 16.3. The van der Waals surface area contributed by atoms with E-state index in [2.05, 4.69) is 4.98 Å². The molecule has 0 spiro atoms. The lowest BCUT2D eigenvalue weighted by molar-refractivity contribution is 0.0221. The molecule has 2 atom stereocenters. The van der Waals surface area contributed by atoms with Gasteiger partial charge in [0.2, 0.25) is 0 Å². The first-order valence-electron chi connectivity index (χ1n) is 3.20. The van der Waals surface area contributed by atoms with Gasteiger partial charge < -0.3 is 15.9 Å². The second kappa shape index (κ2) is 3.77. The van der Waals surface area contributed by atoms with Gasteiger partial charge in [0.15, 0.2) is 0 Å². The monoisotopic (exact) mass is 174 g/mol. The van der Waals surface area contributed by atoms with Gasteiger partial charge in [0.1, 0.15) is 6.10 Å². The second-order valence-corrected chi connectivity index (χ2v) is 2.88. The topological polar surface area (TPSA) is 79.4 Å². The SMILES string of the molecule is NCC(O)C(O)c1cscn1. The summed E-state index contributed by atoms with van der Waals surface area (Å²) in [6.45, 7) is 0.0404. The third kappa shape index (κ3) is 1.97. The highest BCUT2D eigenvalue weighted by Gasteiger charge is 2.17. The van der Waals surface area contributed by atoms with Crippen LogP contribution in [0.2, 0.25) is 0 Å². The molecule has 0 saturated heterocycles. The summed E-state index contributed by atoms with van der Waals surface area (Å²) >= 11 is 1.37. The van der Waals surface area contributed by atoms with Gasteiger partial charge in [0.25, 0.3) is 0 Å². The Morgan fingerprint density at radius 2 is 2.36 bits per heavy atom. The third-order valence-electron chi connectivity index (χ3n) is 1.36. The first-order chi connectivity index (χ1) is 5.25. The maximum absolute atomic E-state index is 9.29. The maximum atomic E-state index is 9.29. The van der Waals surface area contributed by atoms with Crippen LogP contribution >= 0.6 is 11.3 Å². The molecule has 0 bridgehead atoms. The zero-order valence-electron chi connectivity index (χ0n) is 5.84. The molecule has 1 aromatic heterocycles. The van der Waals surface area contributed by atoms with Gasteiger partial charge in [-0.3, -0.25) is 0 Å². The number of hydrogen-bond donors (Lipinski definition) is 3. The Morgan fingerprint density at radius 3 is 2.82 bits per heavy atom. The van der Waals surface area contributed by atoms with Crippen molar-refractivity contribution in [2.24, 2.45) is 5.73 Å². The van der Waals surface area contributed by atoms with Crippen LogP contribution < -0.4 is 5.73 Å². The lowest BCUT2D eigenvalue weighted by atomic mass is 10.1. The zero-order chi connectivity index (χ0) is 8.27. The van der Waals surface area contributed by atoms with Crippen LogP contribution in [0, 0.1) is 0 Å². The number of aromatic nitrogens is 1. The number of nitrogens with two attached hydrogens (primary N) is 1. The minimum atomic E-state index is -0.953. The highest BCUT2D eigenvalue weighted by atomic mass is 32.1. The lowest BCUT2D eigenvalue weighted by Gasteiger charge is -2.12. The van der Waals surface area contributed by atoms with Crippen LogP contribution in [0.3, 0.4) is 0 Å². The Bertz CT molecular complexity index is 202. The minimum absolute atomic E-state index is 0.0404. The Kier molecular flexibility index (Phi) is 2.95. The lowest BCUT2D eigenvalue weighted by Crippen LogP contribution is -2.27. The van der Waals surface area contributed by atoms with Crippen molar-refractivity contribution in [2.75, 3.05) is 6.54 Å². The van der Waals surface area contributed by atoms with E-state index in [-0.39, 0.29) is 6.54 Å². The molecule has 0 fully saturated rings. The van der Waals surface area contributed by atoms with Gasteiger partial charge in [-0.25, -0.2) is 4.98 Å². The second-order valence-electron chi connectivity index (χ2n) is 2.16. The molecule has 0 saturated carbocycles. The fourth-order valence-corrected chi connectivity index (χ4v) is 1.28. The Balaban J connectivity index is 2.62. The summed E-state index contributed by atoms with van der Waals surface area (Å²) in [6.07, 6.45) is -1.87. The predicted octanol–water partition coefficient (Wildman–Crippen LogP) is -0.504. The van der Waals surface area contributed by atoms with E-state index < -0.39 is 12.2 Å². The molecule has 1 aromatic rings. The van der Waals surface area contributed by atoms with Crippen molar-refractivity contribution in [1.29, 1.82) is 0 Å². The van der Waals surface area contributed by atoms with Crippen molar-refractivity contribution in [1.82, 2.24) is 4.98 Å². The van der Waals surface area contributed by atoms with Gasteiger partial charge >= 0.3 is 0 Å². The van der Waals surface area contributed by atoms with E-state index in [0.29, 0.717) is 5.69 Å². The Labute approximate surface area is 68.3 Å². The first kappa shape index (κ1) is 8.61. The summed E-state index contributed by atoms with van der Waals surface area (Å²) in [5.41, 5.74) is 7.22. The molecule has 62 valence electrons. The summed E-state index contributed by atoms with van der Waals surface area (Å²) in [7, 11) is 0. The van der Waals surface area contributed by atoms with Gasteiger partial charge in [-0.2, -0.15) is 0 Å². The van der Waals surface area contributed by atoms with Crippen LogP contribution in [0.1, 0.15) is 11.8 Å². The van der Waals surface area contributed by atoms with Crippen LogP contribution in [-0.4, -0.2) is 27.8 Å². The summed E-state index contributed by atoms with van der Waals surface area (Å²) in [5.74, 6) is 0. The van der Waals surface area contributed by atoms with Gasteiger partial charge in [0, 0.05) is 11.9 Å². The molecule has 4 N–H and O–H groups in total. The van der Waals surface area contributed by atoms with Gasteiger partial charge in [-0.1, -0.05) is 0 Å². The summed E-state index contributed by atoms with van der Waals surface area (Å²) in [5, 5.41) is 20.1. The molecule has 0 aliphatic carbocycles. The van der Waals surface area contributed by atoms with E-state index in [1.54, 1.807) is 10.9 Å². The number of aliphatic hydroxyl groups is 2. The number of rotatable bonds is 3. The fourth-order valence-electron chi connectivity index (χ4n) is 0.694. The first-order valence-corrected chi connectivity index (χ1v) is 4.14. The minimum Gasteiger partial charge on any atom is -0.389 e. The molecule has 4 nitrogen and oxygen atoms in total. The Morgan fingerprint density at radius 1 is 1.64 bits per heavy atom. The molecule has 1 heterocycles. The smallest absolute Gasteiger partial charge is 0.124 e. The molecular weight excluding hydrogens is 164 g/mol. The average Bonchev–Trinajstić information content (AvgIpc) is 2.53. The quantitative estimate of drug-likeness (QED) is 0.577. The highest BCUT2D eigenvalue weighted by Crippen LogP contribution is 2.15. The number of thiazole rings is 1. The molecule has 1 rings (SSSR count). The molecule has 0 aliphatic heterocycles. The fraction of sp³-hybridized carbons (Fsp3) is 0.500. The zero-order valence-corrected chi connectivity index (χ0v) is 6.66. The van der Waals surface area contributed by atoms with Crippen molar-refractivity contribution >= 4 is 11.3 Å². The predicted molar refractivity (Wildman–Crippen MR) is 42.1 cm³/mol. The molecule has 0 amide bonds. The van der Waals surface area contributed by atoms with Crippen LogP contribution in [0.4, 0.5) is 0 Å². The van der Waals surface area contributed by atoms with Crippen molar-refractivity contribution in [3.63, 3.8) is 0 Å². The van der Waals surface area contributed by atoms with E-state index in [0.717, 1.165) is 0 Å². The molecule has 5 heteroatoms. The van der Waals surface area contributed by atoms with Crippen LogP contribution in [0.25, 0.3) is 0 Å². The van der Waals surface area contributed by atoms with E-state index in [9.17, 15) is 5.11 Å². The van der Waals surface area contributed by atoms with E-state index in [1.807, 2.05) is 0 Å². The standard InChI is InChI=1S/C6H10N2O2S/c7-1-5(9)6(10)4-2-11-3-8-4/h2-3,5-6,9-10H,1,7H2. The van der Waals surface area contributed by atoms with Gasteiger partial charge in [-0.05, 0) is 0 Å². The van der Waals surface area contributed by atoms with Crippen molar-refractivity contribution in [3.8, 4) is 0 Å². The third-order valence-corrected chi connectivity index (χ3v) is 1.97. The summed E-state index contributed by atoms with van der Waals surface area (Å²) in [4.78, 5) is 3.84. The van der Waals surface area contributed by atoms with Crippen molar-refractivity contribution in [3.05, 3.63) is 16.6 Å². The largest absolute Gasteiger partial charge is 0.389 e. The van der Waals surface area contributed by atoms with Crippen LogP contribution in [-0.2, 0) is 0 Å². The maximum Gasteiger partial charge on any atom is 0.124 e. The Hall–Kier alpha value is -0.490. The van der Waals surface area contributed by atoms with Crippen LogP contribution in [0.15, 0.2) is 10.9 Å². The number of hydrogen-bond acceptors (Lipinski definition) is 5. The molecule has 2 unspecified atom stereocenters. The molecule has 0 aliphatic rings. The molecular formula is C6H10N2O2S. The van der Waals surface area contributed by atoms with E-state index in [1.165, 1.54) is 11.3 Å². The van der Waals surface area contributed by atoms with Gasteiger partial charge in [-0.15, -0.1) is 11.3 Å². The highest BCUT2D eigenvalue weighted by molar-refractivity contribution is 7.07. The molecule has 11 heavy (non-hydrogen) atoms. The van der Waals surface area contributed by atoms with Crippen molar-refractivity contribution < 1.29 is 10.2 Å². The van der Waals surface area contributed by atoms with Gasteiger partial charge in [0.05, 0.1) is 17.3 Å². The molecule has 0 radical (unpaired) electrons.